The molecule has 0 aromatic carbocycles. The monoisotopic (exact) mass is 267 g/mol. The van der Waals surface area contributed by atoms with Crippen LogP contribution in [0, 0.1) is 16.7 Å². The zero-order chi connectivity index (χ0) is 14.1. The lowest BCUT2D eigenvalue weighted by Gasteiger charge is -2.43. The first-order valence-corrected chi connectivity index (χ1v) is 7.79. The highest BCUT2D eigenvalue weighted by Gasteiger charge is 2.59. The maximum Gasteiger partial charge on any atom is 0.319 e. The fourth-order valence-electron chi connectivity index (χ4n) is 4.38. The van der Waals surface area contributed by atoms with E-state index in [-0.39, 0.29) is 5.97 Å². The van der Waals surface area contributed by atoms with Crippen molar-refractivity contribution >= 4 is 5.97 Å². The third-order valence-corrected chi connectivity index (χ3v) is 5.48. The summed E-state index contributed by atoms with van der Waals surface area (Å²) in [5, 5.41) is 3.50. The number of unbranched alkanes of at least 4 members (excludes halogenated alkanes) is 1. The molecule has 0 radical (unpaired) electrons. The highest BCUT2D eigenvalue weighted by molar-refractivity contribution is 5.71. The van der Waals surface area contributed by atoms with Crippen LogP contribution in [0.25, 0.3) is 0 Å². The topological polar surface area (TPSA) is 38.3 Å². The van der Waals surface area contributed by atoms with Crippen molar-refractivity contribution in [1.29, 1.82) is 0 Å². The molecule has 0 spiro atoms. The van der Waals surface area contributed by atoms with Crippen LogP contribution < -0.4 is 5.32 Å². The summed E-state index contributed by atoms with van der Waals surface area (Å²) in [7, 11) is 0. The van der Waals surface area contributed by atoms with Crippen molar-refractivity contribution in [3.63, 3.8) is 0 Å². The molecule has 2 rings (SSSR count). The number of hydrogen-bond donors (Lipinski definition) is 1. The molecule has 2 saturated carbocycles. The minimum atomic E-state index is -0.101. The van der Waals surface area contributed by atoms with E-state index in [0.29, 0.717) is 30.0 Å². The number of ether oxygens (including phenoxy) is 1. The van der Waals surface area contributed by atoms with Gasteiger partial charge in [0, 0.05) is 6.04 Å². The van der Waals surface area contributed by atoms with Gasteiger partial charge in [-0.3, -0.25) is 4.79 Å². The standard InChI is InChI=1S/C16H29NO2/c1-5-6-9-19-13(18)11-17-14-15(2,3)12-7-8-16(14,4)10-12/h12,14,17H,5-11H2,1-4H3. The molecule has 3 unspecified atom stereocenters. The predicted molar refractivity (Wildman–Crippen MR) is 76.9 cm³/mol. The van der Waals surface area contributed by atoms with Gasteiger partial charge in [-0.25, -0.2) is 0 Å². The fraction of sp³-hybridized carbons (Fsp3) is 0.938. The number of nitrogens with one attached hydrogen (secondary N) is 1. The molecule has 2 fully saturated rings. The van der Waals surface area contributed by atoms with Gasteiger partial charge in [-0.1, -0.05) is 34.1 Å². The van der Waals surface area contributed by atoms with Crippen LogP contribution in [0.2, 0.25) is 0 Å². The Morgan fingerprint density at radius 1 is 1.37 bits per heavy atom. The van der Waals surface area contributed by atoms with Gasteiger partial charge in [0.05, 0.1) is 13.2 Å². The van der Waals surface area contributed by atoms with Crippen molar-refractivity contribution in [2.45, 2.75) is 65.8 Å². The number of rotatable bonds is 6. The molecule has 1 N–H and O–H groups in total. The molecule has 2 aliphatic rings. The van der Waals surface area contributed by atoms with Gasteiger partial charge >= 0.3 is 5.97 Å². The summed E-state index contributed by atoms with van der Waals surface area (Å²) in [6.07, 6.45) is 5.98. The molecule has 3 heteroatoms. The molecule has 0 aromatic rings. The average molecular weight is 267 g/mol. The minimum absolute atomic E-state index is 0.101. The Labute approximate surface area is 117 Å². The van der Waals surface area contributed by atoms with Gasteiger partial charge in [-0.15, -0.1) is 0 Å². The highest BCUT2D eigenvalue weighted by Crippen LogP contribution is 2.62. The average Bonchev–Trinajstić information content (AvgIpc) is 2.80. The zero-order valence-corrected chi connectivity index (χ0v) is 12.9. The molecule has 3 nitrogen and oxygen atoms in total. The van der Waals surface area contributed by atoms with Crippen molar-refractivity contribution in [3.05, 3.63) is 0 Å². The van der Waals surface area contributed by atoms with E-state index in [2.05, 4.69) is 33.0 Å². The van der Waals surface area contributed by atoms with Gasteiger partial charge in [0.15, 0.2) is 0 Å². The summed E-state index contributed by atoms with van der Waals surface area (Å²) in [5.74, 6) is 0.710. The van der Waals surface area contributed by atoms with Crippen LogP contribution >= 0.6 is 0 Å². The fourth-order valence-corrected chi connectivity index (χ4v) is 4.38. The van der Waals surface area contributed by atoms with E-state index < -0.39 is 0 Å². The van der Waals surface area contributed by atoms with Crippen LogP contribution in [-0.4, -0.2) is 25.2 Å². The van der Waals surface area contributed by atoms with Crippen LogP contribution in [0.1, 0.15) is 59.8 Å². The Balaban J connectivity index is 1.84. The Bertz CT molecular complexity index is 335. The summed E-state index contributed by atoms with van der Waals surface area (Å²) in [6.45, 7) is 10.1. The molecule has 2 bridgehead atoms. The summed E-state index contributed by atoms with van der Waals surface area (Å²) in [6, 6.07) is 0.442. The summed E-state index contributed by atoms with van der Waals surface area (Å²) in [5.41, 5.74) is 0.675. The summed E-state index contributed by atoms with van der Waals surface area (Å²) in [4.78, 5) is 11.7. The van der Waals surface area contributed by atoms with Crippen molar-refractivity contribution in [1.82, 2.24) is 5.32 Å². The first-order valence-electron chi connectivity index (χ1n) is 7.79. The summed E-state index contributed by atoms with van der Waals surface area (Å²) >= 11 is 0. The second kappa shape index (κ2) is 5.43. The van der Waals surface area contributed by atoms with Crippen molar-refractivity contribution in [2.24, 2.45) is 16.7 Å². The number of fused-ring (bicyclic) bond motifs is 2. The van der Waals surface area contributed by atoms with E-state index in [1.165, 1.54) is 19.3 Å². The maximum atomic E-state index is 11.7. The van der Waals surface area contributed by atoms with Crippen LogP contribution in [-0.2, 0) is 9.53 Å². The molecule has 0 aromatic heterocycles. The first kappa shape index (κ1) is 14.8. The van der Waals surface area contributed by atoms with Crippen molar-refractivity contribution in [3.8, 4) is 0 Å². The number of esters is 1. The Morgan fingerprint density at radius 2 is 2.11 bits per heavy atom. The third kappa shape index (κ3) is 2.81. The van der Waals surface area contributed by atoms with Crippen LogP contribution in [0.15, 0.2) is 0 Å². The van der Waals surface area contributed by atoms with Gasteiger partial charge in [0.2, 0.25) is 0 Å². The smallest absolute Gasteiger partial charge is 0.319 e. The molecule has 3 atom stereocenters. The second-order valence-corrected chi connectivity index (χ2v) is 7.30. The van der Waals surface area contributed by atoms with Gasteiger partial charge in [-0.2, -0.15) is 0 Å². The van der Waals surface area contributed by atoms with E-state index in [0.717, 1.165) is 18.8 Å². The molecule has 0 amide bonds. The van der Waals surface area contributed by atoms with Crippen LogP contribution in [0.4, 0.5) is 0 Å². The molecule has 110 valence electrons. The lowest BCUT2D eigenvalue weighted by atomic mass is 9.68. The van der Waals surface area contributed by atoms with E-state index in [1.807, 2.05) is 0 Å². The molecule has 19 heavy (non-hydrogen) atoms. The minimum Gasteiger partial charge on any atom is -0.465 e. The predicted octanol–water partition coefficient (Wildman–Crippen LogP) is 3.13. The van der Waals surface area contributed by atoms with Gasteiger partial charge in [0.25, 0.3) is 0 Å². The van der Waals surface area contributed by atoms with Crippen LogP contribution in [0.3, 0.4) is 0 Å². The maximum absolute atomic E-state index is 11.7. The number of carbonyl (C=O) groups is 1. The largest absolute Gasteiger partial charge is 0.465 e. The molecular formula is C16H29NO2. The third-order valence-electron chi connectivity index (χ3n) is 5.48. The molecular weight excluding hydrogens is 238 g/mol. The van der Waals surface area contributed by atoms with Gasteiger partial charge < -0.3 is 10.1 Å². The highest BCUT2D eigenvalue weighted by atomic mass is 16.5. The second-order valence-electron chi connectivity index (χ2n) is 7.30. The van der Waals surface area contributed by atoms with Gasteiger partial charge in [0.1, 0.15) is 0 Å². The molecule has 2 aliphatic carbocycles. The Morgan fingerprint density at radius 3 is 2.68 bits per heavy atom. The van der Waals surface area contributed by atoms with E-state index in [1.54, 1.807) is 0 Å². The van der Waals surface area contributed by atoms with E-state index in [9.17, 15) is 4.79 Å². The molecule has 0 heterocycles. The summed E-state index contributed by atoms with van der Waals surface area (Å²) < 4.78 is 5.22. The van der Waals surface area contributed by atoms with E-state index >= 15 is 0 Å². The van der Waals surface area contributed by atoms with E-state index in [4.69, 9.17) is 4.74 Å². The molecule has 0 saturated heterocycles. The van der Waals surface area contributed by atoms with Crippen LogP contribution in [0.5, 0.6) is 0 Å². The lowest BCUT2D eigenvalue weighted by molar-refractivity contribution is -0.143. The lowest BCUT2D eigenvalue weighted by Crippen LogP contribution is -2.51. The zero-order valence-electron chi connectivity index (χ0n) is 12.9. The molecule has 0 aliphatic heterocycles. The normalized spacial score (nSPS) is 35.6. The van der Waals surface area contributed by atoms with Crippen molar-refractivity contribution in [2.75, 3.05) is 13.2 Å². The SMILES string of the molecule is CCCCOC(=O)CNC1C2(C)CCC(C2)C1(C)C. The van der Waals surface area contributed by atoms with Crippen molar-refractivity contribution < 1.29 is 9.53 Å². The number of hydrogen-bond acceptors (Lipinski definition) is 3. The van der Waals surface area contributed by atoms with Gasteiger partial charge in [-0.05, 0) is 42.4 Å². The quantitative estimate of drug-likeness (QED) is 0.593. The Hall–Kier alpha value is -0.570. The first-order chi connectivity index (χ1) is 8.90. The Kier molecular flexibility index (Phi) is 4.24. The number of carbonyl (C=O) groups excluding carboxylic acids is 1.